The van der Waals surface area contributed by atoms with Gasteiger partial charge < -0.3 is 15.0 Å². The van der Waals surface area contributed by atoms with Gasteiger partial charge in [-0.25, -0.2) is 0 Å². The smallest absolute Gasteiger partial charge is 0.142 e. The van der Waals surface area contributed by atoms with Crippen LogP contribution in [0.2, 0.25) is 15.1 Å². The minimum absolute atomic E-state index is 0.534. The molecule has 3 nitrogen and oxygen atoms in total. The molecule has 1 heterocycles. The van der Waals surface area contributed by atoms with Crippen molar-refractivity contribution in [3.05, 3.63) is 51.0 Å². The van der Waals surface area contributed by atoms with Crippen LogP contribution in [0, 0.1) is 0 Å². The summed E-state index contributed by atoms with van der Waals surface area (Å²) in [5.41, 5.74) is 3.00. The predicted molar refractivity (Wildman–Crippen MR) is 117 cm³/mol. The van der Waals surface area contributed by atoms with Crippen molar-refractivity contribution in [1.82, 2.24) is 0 Å². The molecule has 1 N–H and O–H groups in total. The first-order chi connectivity index (χ1) is 13.1. The van der Waals surface area contributed by atoms with Crippen LogP contribution >= 0.6 is 34.8 Å². The summed E-state index contributed by atoms with van der Waals surface area (Å²) in [5, 5.41) is 5.30. The fraction of sp³-hybridized carbons (Fsp3) is 0.429. The van der Waals surface area contributed by atoms with E-state index in [-0.39, 0.29) is 0 Å². The molecule has 1 fully saturated rings. The highest BCUT2D eigenvalue weighted by Crippen LogP contribution is 2.34. The van der Waals surface area contributed by atoms with Crippen LogP contribution < -0.4 is 15.0 Å². The second kappa shape index (κ2) is 9.77. The molecule has 146 valence electrons. The number of benzene rings is 2. The van der Waals surface area contributed by atoms with Crippen LogP contribution in [0.25, 0.3) is 0 Å². The Kier molecular flexibility index (Phi) is 7.40. The Morgan fingerprint density at radius 1 is 1.00 bits per heavy atom. The van der Waals surface area contributed by atoms with Gasteiger partial charge in [0.1, 0.15) is 5.75 Å². The monoisotopic (exact) mass is 426 g/mol. The molecule has 27 heavy (non-hydrogen) atoms. The molecule has 3 rings (SSSR count). The number of nitrogens with zero attached hydrogens (tertiary/aromatic N) is 1. The predicted octanol–water partition coefficient (Wildman–Crippen LogP) is 7.04. The number of hydrogen-bond donors (Lipinski definition) is 1. The topological polar surface area (TPSA) is 24.5 Å². The van der Waals surface area contributed by atoms with E-state index >= 15 is 0 Å². The van der Waals surface area contributed by atoms with Crippen LogP contribution in [0.1, 0.15) is 38.2 Å². The van der Waals surface area contributed by atoms with Gasteiger partial charge in [0.05, 0.1) is 22.3 Å². The molecule has 0 unspecified atom stereocenters. The fourth-order valence-corrected chi connectivity index (χ4v) is 4.21. The Morgan fingerprint density at radius 2 is 1.78 bits per heavy atom. The summed E-state index contributed by atoms with van der Waals surface area (Å²) in [6.07, 6.45) is 4.68. The summed E-state index contributed by atoms with van der Waals surface area (Å²) < 4.78 is 5.82. The molecule has 0 bridgehead atoms. The molecule has 1 aliphatic rings. The first-order valence-electron chi connectivity index (χ1n) is 9.47. The van der Waals surface area contributed by atoms with E-state index in [2.05, 4.69) is 29.3 Å². The van der Waals surface area contributed by atoms with Crippen molar-refractivity contribution >= 4 is 46.2 Å². The lowest BCUT2D eigenvalue weighted by Gasteiger charge is -2.29. The molecule has 0 aromatic heterocycles. The zero-order chi connectivity index (χ0) is 19.2. The number of anilines is 2. The molecule has 0 atom stereocenters. The Hall–Kier alpha value is -1.29. The van der Waals surface area contributed by atoms with Crippen molar-refractivity contribution < 1.29 is 4.74 Å². The standard InChI is InChI=1S/C21H25Cl3N2O/c1-2-10-27-21-15(11-16(22)12-19(21)24)14-25-17-6-7-20(18(23)13-17)26-8-4-3-5-9-26/h6-7,11-13,25H,2-5,8-10,14H2,1H3. The van der Waals surface area contributed by atoms with Gasteiger partial charge in [0, 0.05) is 35.9 Å². The quantitative estimate of drug-likeness (QED) is 0.513. The SMILES string of the molecule is CCCOc1c(Cl)cc(Cl)cc1CNc1ccc(N2CCCCC2)c(Cl)c1. The lowest BCUT2D eigenvalue weighted by molar-refractivity contribution is 0.314. The summed E-state index contributed by atoms with van der Waals surface area (Å²) in [6.45, 7) is 5.38. The first kappa shape index (κ1) is 20.4. The molecular formula is C21H25Cl3N2O. The summed E-state index contributed by atoms with van der Waals surface area (Å²) in [5.74, 6) is 0.687. The van der Waals surface area contributed by atoms with Crippen LogP contribution in [-0.2, 0) is 6.54 Å². The number of halogens is 3. The molecule has 0 aliphatic carbocycles. The van der Waals surface area contributed by atoms with Crippen LogP contribution in [0.3, 0.4) is 0 Å². The van der Waals surface area contributed by atoms with Crippen molar-refractivity contribution in [3.63, 3.8) is 0 Å². The molecule has 0 spiro atoms. The van der Waals surface area contributed by atoms with Gasteiger partial charge in [-0.2, -0.15) is 0 Å². The number of ether oxygens (including phenoxy) is 1. The minimum atomic E-state index is 0.534. The zero-order valence-electron chi connectivity index (χ0n) is 15.5. The van der Waals surface area contributed by atoms with E-state index < -0.39 is 0 Å². The first-order valence-corrected chi connectivity index (χ1v) is 10.6. The third-order valence-corrected chi connectivity index (χ3v) is 5.46. The Morgan fingerprint density at radius 3 is 2.48 bits per heavy atom. The number of nitrogens with one attached hydrogen (secondary N) is 1. The van der Waals surface area contributed by atoms with Crippen molar-refractivity contribution in [3.8, 4) is 5.75 Å². The number of rotatable bonds is 7. The molecule has 2 aromatic carbocycles. The van der Waals surface area contributed by atoms with Crippen LogP contribution in [-0.4, -0.2) is 19.7 Å². The van der Waals surface area contributed by atoms with E-state index in [0.29, 0.717) is 28.9 Å². The van der Waals surface area contributed by atoms with Gasteiger partial charge in [0.2, 0.25) is 0 Å². The molecule has 6 heteroatoms. The Bertz CT molecular complexity index is 776. The van der Waals surface area contributed by atoms with E-state index in [1.165, 1.54) is 19.3 Å². The zero-order valence-corrected chi connectivity index (χ0v) is 17.8. The second-order valence-electron chi connectivity index (χ2n) is 6.79. The number of piperidine rings is 1. The van der Waals surface area contributed by atoms with E-state index in [9.17, 15) is 0 Å². The largest absolute Gasteiger partial charge is 0.492 e. The molecule has 0 saturated carbocycles. The summed E-state index contributed by atoms with van der Waals surface area (Å²) in [7, 11) is 0. The lowest BCUT2D eigenvalue weighted by atomic mass is 10.1. The van der Waals surface area contributed by atoms with Gasteiger partial charge in [0.15, 0.2) is 0 Å². The lowest BCUT2D eigenvalue weighted by Crippen LogP contribution is -2.29. The third kappa shape index (κ3) is 5.37. The Labute approximate surface area is 176 Å². The van der Waals surface area contributed by atoms with Crippen molar-refractivity contribution in [2.24, 2.45) is 0 Å². The molecular weight excluding hydrogens is 403 g/mol. The van der Waals surface area contributed by atoms with Crippen LogP contribution in [0.4, 0.5) is 11.4 Å². The van der Waals surface area contributed by atoms with Gasteiger partial charge in [0.25, 0.3) is 0 Å². The fourth-order valence-electron chi connectivity index (χ4n) is 3.32. The molecule has 1 aliphatic heterocycles. The highest BCUT2D eigenvalue weighted by atomic mass is 35.5. The van der Waals surface area contributed by atoms with E-state index in [1.807, 2.05) is 12.1 Å². The normalized spacial score (nSPS) is 14.3. The Balaban J connectivity index is 1.72. The van der Waals surface area contributed by atoms with Gasteiger partial charge in [-0.05, 0) is 56.0 Å². The van der Waals surface area contributed by atoms with E-state index in [4.69, 9.17) is 39.5 Å². The molecule has 0 radical (unpaired) electrons. The maximum Gasteiger partial charge on any atom is 0.142 e. The average Bonchev–Trinajstić information content (AvgIpc) is 2.66. The highest BCUT2D eigenvalue weighted by Gasteiger charge is 2.15. The highest BCUT2D eigenvalue weighted by molar-refractivity contribution is 6.35. The average molecular weight is 428 g/mol. The summed E-state index contributed by atoms with van der Waals surface area (Å²) in [4.78, 5) is 2.36. The third-order valence-electron chi connectivity index (χ3n) is 4.66. The maximum atomic E-state index is 6.55. The van der Waals surface area contributed by atoms with Crippen molar-refractivity contribution in [1.29, 1.82) is 0 Å². The van der Waals surface area contributed by atoms with Gasteiger partial charge in [-0.1, -0.05) is 41.7 Å². The minimum Gasteiger partial charge on any atom is -0.492 e. The number of hydrogen-bond acceptors (Lipinski definition) is 3. The molecule has 2 aromatic rings. The second-order valence-corrected chi connectivity index (χ2v) is 8.04. The van der Waals surface area contributed by atoms with Gasteiger partial charge in [-0.3, -0.25) is 0 Å². The van der Waals surface area contributed by atoms with Crippen molar-refractivity contribution in [2.45, 2.75) is 39.2 Å². The molecule has 0 amide bonds. The maximum absolute atomic E-state index is 6.55. The molecule has 1 saturated heterocycles. The summed E-state index contributed by atoms with van der Waals surface area (Å²) >= 11 is 19.0. The van der Waals surface area contributed by atoms with Crippen LogP contribution in [0.15, 0.2) is 30.3 Å². The van der Waals surface area contributed by atoms with Crippen LogP contribution in [0.5, 0.6) is 5.75 Å². The van der Waals surface area contributed by atoms with Gasteiger partial charge >= 0.3 is 0 Å². The van der Waals surface area contributed by atoms with E-state index in [0.717, 1.165) is 41.5 Å². The van der Waals surface area contributed by atoms with Crippen molar-refractivity contribution in [2.75, 3.05) is 29.9 Å². The van der Waals surface area contributed by atoms with E-state index in [1.54, 1.807) is 6.07 Å². The summed E-state index contributed by atoms with van der Waals surface area (Å²) in [6, 6.07) is 9.73. The van der Waals surface area contributed by atoms with Gasteiger partial charge in [-0.15, -0.1) is 0 Å².